The predicted molar refractivity (Wildman–Crippen MR) is 92.9 cm³/mol. The maximum absolute atomic E-state index is 11.1. The minimum atomic E-state index is -0.630. The van der Waals surface area contributed by atoms with Crippen molar-refractivity contribution in [2.24, 2.45) is 17.8 Å². The summed E-state index contributed by atoms with van der Waals surface area (Å²) in [6.07, 6.45) is 1.55. The number of nitrogens with zero attached hydrogens (tertiary/aromatic N) is 2. The van der Waals surface area contributed by atoms with Crippen molar-refractivity contribution in [3.8, 4) is 11.6 Å². The Bertz CT molecular complexity index is 826. The number of carboxylic acid groups (broad SMARTS) is 1. The van der Waals surface area contributed by atoms with Crippen LogP contribution in [-0.2, 0) is 11.3 Å². The van der Waals surface area contributed by atoms with Crippen molar-refractivity contribution in [3.63, 3.8) is 0 Å². The smallest absolute Gasteiger partial charge is 0.307 e. The average Bonchev–Trinajstić information content (AvgIpc) is 3.19. The van der Waals surface area contributed by atoms with Crippen molar-refractivity contribution < 1.29 is 19.4 Å². The highest BCUT2D eigenvalue weighted by atomic mass is 16.6. The first-order valence-corrected chi connectivity index (χ1v) is 8.97. The van der Waals surface area contributed by atoms with Gasteiger partial charge in [-0.3, -0.25) is 9.69 Å². The molecule has 5 rings (SSSR count). The highest BCUT2D eigenvalue weighted by Crippen LogP contribution is 2.52. The van der Waals surface area contributed by atoms with Crippen molar-refractivity contribution >= 4 is 5.97 Å². The average molecular weight is 352 g/mol. The number of aliphatic carboxylic acids is 1. The Hall–Kier alpha value is -2.60. The molecule has 0 bridgehead atoms. The minimum Gasteiger partial charge on any atom is -0.484 e. The van der Waals surface area contributed by atoms with Gasteiger partial charge in [0.05, 0.1) is 5.92 Å². The number of carbonyl (C=O) groups is 1. The molecule has 0 spiro atoms. The Balaban J connectivity index is 1.20. The molecule has 0 amide bonds. The zero-order chi connectivity index (χ0) is 17.7. The number of hydrogen-bond acceptors (Lipinski definition) is 5. The van der Waals surface area contributed by atoms with E-state index in [1.165, 1.54) is 5.56 Å². The molecule has 3 heterocycles. The van der Waals surface area contributed by atoms with Crippen LogP contribution in [0.2, 0.25) is 0 Å². The molecule has 26 heavy (non-hydrogen) atoms. The second-order valence-corrected chi connectivity index (χ2v) is 7.35. The molecule has 134 valence electrons. The number of carboxylic acids is 1. The lowest BCUT2D eigenvalue weighted by Gasteiger charge is -2.26. The number of pyridine rings is 1. The highest BCUT2D eigenvalue weighted by molar-refractivity contribution is 5.74. The summed E-state index contributed by atoms with van der Waals surface area (Å²) in [6.45, 7) is 3.13. The van der Waals surface area contributed by atoms with Gasteiger partial charge in [0.1, 0.15) is 6.61 Å². The summed E-state index contributed by atoms with van der Waals surface area (Å²) in [6, 6.07) is 12.1. The van der Waals surface area contributed by atoms with E-state index in [0.29, 0.717) is 30.1 Å². The number of rotatable bonds is 4. The van der Waals surface area contributed by atoms with Crippen molar-refractivity contribution in [1.29, 1.82) is 0 Å². The van der Waals surface area contributed by atoms with Crippen molar-refractivity contribution in [3.05, 3.63) is 53.7 Å². The van der Waals surface area contributed by atoms with E-state index >= 15 is 0 Å². The van der Waals surface area contributed by atoms with Crippen LogP contribution < -0.4 is 9.47 Å². The van der Waals surface area contributed by atoms with E-state index in [1.54, 1.807) is 6.20 Å². The van der Waals surface area contributed by atoms with Gasteiger partial charge in [-0.25, -0.2) is 4.98 Å². The molecule has 6 nitrogen and oxygen atoms in total. The maximum atomic E-state index is 11.1. The fourth-order valence-electron chi connectivity index (χ4n) is 4.28. The van der Waals surface area contributed by atoms with Crippen LogP contribution in [0.3, 0.4) is 0 Å². The van der Waals surface area contributed by atoms with Crippen molar-refractivity contribution in [2.75, 3.05) is 19.7 Å². The Kier molecular flexibility index (Phi) is 3.60. The third kappa shape index (κ3) is 2.70. The molecule has 6 heteroatoms. The van der Waals surface area contributed by atoms with Gasteiger partial charge in [-0.05, 0) is 35.1 Å². The summed E-state index contributed by atoms with van der Waals surface area (Å²) in [5, 5.41) is 9.11. The first-order chi connectivity index (χ1) is 12.7. The topological polar surface area (TPSA) is 71.9 Å². The zero-order valence-electron chi connectivity index (χ0n) is 14.2. The van der Waals surface area contributed by atoms with E-state index in [2.05, 4.69) is 34.1 Å². The molecule has 1 aliphatic carbocycles. The van der Waals surface area contributed by atoms with Crippen LogP contribution >= 0.6 is 0 Å². The quantitative estimate of drug-likeness (QED) is 0.911. The third-order valence-corrected chi connectivity index (χ3v) is 5.69. The van der Waals surface area contributed by atoms with Crippen molar-refractivity contribution in [1.82, 2.24) is 9.88 Å². The molecule has 1 aromatic carbocycles. The lowest BCUT2D eigenvalue weighted by atomic mass is 10.1. The number of ether oxygens (including phenoxy) is 2. The molecule has 1 aromatic heterocycles. The van der Waals surface area contributed by atoms with Crippen LogP contribution in [0.5, 0.6) is 11.6 Å². The standard InChI is InChI=1S/C20H20N2O4/c23-20(24)18-14-9-22(10-15(14)18)8-12-3-5-13(6-4-12)17-11-25-16-2-1-7-21-19(16)26-17/h1-7,14-15,17-18H,8-11H2,(H,23,24)/t14-,15?,17+,18?/m0/s1. The van der Waals surface area contributed by atoms with Crippen LogP contribution in [0.1, 0.15) is 17.2 Å². The van der Waals surface area contributed by atoms with Gasteiger partial charge < -0.3 is 14.6 Å². The highest BCUT2D eigenvalue weighted by Gasteiger charge is 2.59. The van der Waals surface area contributed by atoms with Crippen molar-refractivity contribution in [2.45, 2.75) is 12.6 Å². The van der Waals surface area contributed by atoms with Crippen LogP contribution in [0.15, 0.2) is 42.6 Å². The summed E-state index contributed by atoms with van der Waals surface area (Å²) in [7, 11) is 0. The van der Waals surface area contributed by atoms with Crippen LogP contribution in [-0.4, -0.2) is 40.7 Å². The molecule has 1 saturated heterocycles. The van der Waals surface area contributed by atoms with E-state index in [4.69, 9.17) is 14.6 Å². The van der Waals surface area contributed by atoms with E-state index in [0.717, 1.165) is 25.2 Å². The second-order valence-electron chi connectivity index (χ2n) is 7.35. The van der Waals surface area contributed by atoms with Gasteiger partial charge in [0.2, 0.25) is 0 Å². The summed E-state index contributed by atoms with van der Waals surface area (Å²) in [5.41, 5.74) is 2.30. The zero-order valence-corrected chi connectivity index (χ0v) is 14.2. The molecular weight excluding hydrogens is 332 g/mol. The first-order valence-electron chi connectivity index (χ1n) is 8.97. The summed E-state index contributed by atoms with van der Waals surface area (Å²) >= 11 is 0. The van der Waals surface area contributed by atoms with E-state index in [1.807, 2.05) is 12.1 Å². The van der Waals surface area contributed by atoms with Gasteiger partial charge in [0, 0.05) is 25.8 Å². The number of aromatic nitrogens is 1. The number of likely N-dealkylation sites (tertiary alicyclic amines) is 1. The fraction of sp³-hybridized carbons (Fsp3) is 0.400. The third-order valence-electron chi connectivity index (χ3n) is 5.69. The van der Waals surface area contributed by atoms with E-state index in [-0.39, 0.29) is 12.0 Å². The van der Waals surface area contributed by atoms with Gasteiger partial charge in [0.25, 0.3) is 5.88 Å². The van der Waals surface area contributed by atoms with Gasteiger partial charge in [-0.1, -0.05) is 24.3 Å². The minimum absolute atomic E-state index is 0.103. The molecule has 3 aliphatic rings. The fourth-order valence-corrected chi connectivity index (χ4v) is 4.28. The van der Waals surface area contributed by atoms with Gasteiger partial charge in [-0.2, -0.15) is 0 Å². The predicted octanol–water partition coefficient (Wildman–Crippen LogP) is 2.36. The summed E-state index contributed by atoms with van der Waals surface area (Å²) < 4.78 is 11.7. The Morgan fingerprint density at radius 2 is 1.96 bits per heavy atom. The van der Waals surface area contributed by atoms with E-state index in [9.17, 15) is 4.79 Å². The molecule has 1 saturated carbocycles. The summed E-state index contributed by atoms with van der Waals surface area (Å²) in [4.78, 5) is 17.6. The lowest BCUT2D eigenvalue weighted by Crippen LogP contribution is -2.26. The van der Waals surface area contributed by atoms with Gasteiger partial charge in [-0.15, -0.1) is 0 Å². The number of benzene rings is 1. The Labute approximate surface area is 151 Å². The van der Waals surface area contributed by atoms with Gasteiger partial charge in [0.15, 0.2) is 11.9 Å². The SMILES string of the molecule is O=C(O)C1C2CN(Cc3ccc([C@H]4COc5cccnc5O4)cc3)C[C@@H]21. The first kappa shape index (κ1) is 15.6. The van der Waals surface area contributed by atoms with E-state index < -0.39 is 5.97 Å². The molecule has 2 unspecified atom stereocenters. The van der Waals surface area contributed by atoms with Crippen LogP contribution in [0, 0.1) is 17.8 Å². The van der Waals surface area contributed by atoms with Crippen LogP contribution in [0.25, 0.3) is 0 Å². The molecule has 0 radical (unpaired) electrons. The Morgan fingerprint density at radius 3 is 2.69 bits per heavy atom. The molecule has 2 fully saturated rings. The maximum Gasteiger partial charge on any atom is 0.307 e. The molecule has 1 N–H and O–H groups in total. The lowest BCUT2D eigenvalue weighted by molar-refractivity contribution is -0.139. The summed E-state index contributed by atoms with van der Waals surface area (Å²) in [5.74, 6) is 1.20. The molecule has 4 atom stereocenters. The Morgan fingerprint density at radius 1 is 1.19 bits per heavy atom. The normalized spacial score (nSPS) is 29.2. The molecule has 2 aliphatic heterocycles. The van der Waals surface area contributed by atoms with Gasteiger partial charge >= 0.3 is 5.97 Å². The molecular formula is C20H20N2O4. The largest absolute Gasteiger partial charge is 0.484 e. The number of fused-ring (bicyclic) bond motifs is 2. The number of hydrogen-bond donors (Lipinski definition) is 1. The number of piperidine rings is 1. The molecule has 2 aromatic rings. The van der Waals surface area contributed by atoms with Crippen LogP contribution in [0.4, 0.5) is 0 Å². The second kappa shape index (κ2) is 5.99. The monoisotopic (exact) mass is 352 g/mol.